The Morgan fingerprint density at radius 1 is 1.22 bits per heavy atom. The molecule has 0 spiro atoms. The van der Waals surface area contributed by atoms with Crippen molar-refractivity contribution in [3.63, 3.8) is 0 Å². The van der Waals surface area contributed by atoms with Gasteiger partial charge in [0, 0.05) is 6.42 Å². The van der Waals surface area contributed by atoms with Gasteiger partial charge in [0.2, 0.25) is 11.8 Å². The summed E-state index contributed by atoms with van der Waals surface area (Å²) >= 11 is 0. The van der Waals surface area contributed by atoms with E-state index in [0.29, 0.717) is 0 Å². The molecule has 7 heteroatoms. The van der Waals surface area contributed by atoms with E-state index in [1.165, 1.54) is 0 Å². The van der Waals surface area contributed by atoms with Crippen molar-refractivity contribution >= 4 is 23.8 Å². The molecular formula is C11H15N3O4. The summed E-state index contributed by atoms with van der Waals surface area (Å²) in [6.07, 6.45) is 0.328. The molecule has 7 nitrogen and oxygen atoms in total. The van der Waals surface area contributed by atoms with E-state index in [0.717, 1.165) is 4.90 Å². The number of urea groups is 1. The molecule has 2 heterocycles. The SMILES string of the molecule is CC(C)[C@@H]1NC(=O)N([C@@H]2CCC(=O)NC2=O)C1=O. The van der Waals surface area contributed by atoms with Gasteiger partial charge >= 0.3 is 6.03 Å². The number of amides is 5. The zero-order valence-electron chi connectivity index (χ0n) is 10.2. The first-order valence-electron chi connectivity index (χ1n) is 5.89. The van der Waals surface area contributed by atoms with Crippen molar-refractivity contribution in [3.8, 4) is 0 Å². The Labute approximate surface area is 104 Å². The van der Waals surface area contributed by atoms with E-state index >= 15 is 0 Å². The average Bonchev–Trinajstić information content (AvgIpc) is 2.56. The van der Waals surface area contributed by atoms with E-state index in [1.807, 2.05) is 13.8 Å². The van der Waals surface area contributed by atoms with Crippen LogP contribution in [0.15, 0.2) is 0 Å². The van der Waals surface area contributed by atoms with Crippen molar-refractivity contribution in [1.29, 1.82) is 0 Å². The molecule has 0 aromatic rings. The second-order valence-electron chi connectivity index (χ2n) is 4.85. The minimum absolute atomic E-state index is 0.0419. The molecule has 0 bridgehead atoms. The van der Waals surface area contributed by atoms with Gasteiger partial charge in [-0.25, -0.2) is 9.69 Å². The van der Waals surface area contributed by atoms with E-state index < -0.39 is 29.9 Å². The minimum Gasteiger partial charge on any atom is -0.326 e. The molecule has 18 heavy (non-hydrogen) atoms. The van der Waals surface area contributed by atoms with Crippen molar-refractivity contribution < 1.29 is 19.2 Å². The molecule has 2 fully saturated rings. The topological polar surface area (TPSA) is 95.6 Å². The average molecular weight is 253 g/mol. The quantitative estimate of drug-likeness (QED) is 0.506. The second-order valence-corrected chi connectivity index (χ2v) is 4.85. The Morgan fingerprint density at radius 3 is 2.39 bits per heavy atom. The number of hydrogen-bond donors (Lipinski definition) is 2. The fraction of sp³-hybridized carbons (Fsp3) is 0.636. The van der Waals surface area contributed by atoms with Gasteiger partial charge in [0.1, 0.15) is 12.1 Å². The molecule has 0 aromatic carbocycles. The molecular weight excluding hydrogens is 238 g/mol. The summed E-state index contributed by atoms with van der Waals surface area (Å²) in [5, 5.41) is 4.69. The number of carbonyl (C=O) groups is 4. The number of nitrogens with zero attached hydrogens (tertiary/aromatic N) is 1. The maximum absolute atomic E-state index is 12.1. The predicted molar refractivity (Wildman–Crippen MR) is 60.2 cm³/mol. The first-order chi connectivity index (χ1) is 8.41. The first kappa shape index (κ1) is 12.5. The van der Waals surface area contributed by atoms with Gasteiger partial charge in [-0.3, -0.25) is 19.7 Å². The van der Waals surface area contributed by atoms with Crippen LogP contribution < -0.4 is 10.6 Å². The number of hydrogen-bond acceptors (Lipinski definition) is 4. The van der Waals surface area contributed by atoms with Crippen LogP contribution in [0, 0.1) is 5.92 Å². The van der Waals surface area contributed by atoms with Crippen LogP contribution in [0.25, 0.3) is 0 Å². The Bertz CT molecular complexity index is 432. The van der Waals surface area contributed by atoms with Crippen LogP contribution in [0.5, 0.6) is 0 Å². The Hall–Kier alpha value is -1.92. The van der Waals surface area contributed by atoms with Crippen molar-refractivity contribution in [1.82, 2.24) is 15.5 Å². The van der Waals surface area contributed by atoms with Crippen molar-refractivity contribution in [2.24, 2.45) is 5.92 Å². The van der Waals surface area contributed by atoms with Gasteiger partial charge in [-0.05, 0) is 12.3 Å². The van der Waals surface area contributed by atoms with E-state index in [4.69, 9.17) is 0 Å². The summed E-state index contributed by atoms with van der Waals surface area (Å²) in [7, 11) is 0. The lowest BCUT2D eigenvalue weighted by molar-refractivity contribution is -0.142. The molecule has 98 valence electrons. The maximum Gasteiger partial charge on any atom is 0.325 e. The Balaban J connectivity index is 2.18. The van der Waals surface area contributed by atoms with Gasteiger partial charge in [-0.1, -0.05) is 13.8 Å². The molecule has 2 rings (SSSR count). The molecule has 2 saturated heterocycles. The van der Waals surface area contributed by atoms with Gasteiger partial charge in [0.15, 0.2) is 0 Å². The van der Waals surface area contributed by atoms with Gasteiger partial charge in [0.05, 0.1) is 0 Å². The number of carbonyl (C=O) groups excluding carboxylic acids is 4. The molecule has 0 aliphatic carbocycles. The molecule has 0 unspecified atom stereocenters. The van der Waals surface area contributed by atoms with Gasteiger partial charge in [-0.2, -0.15) is 0 Å². The lowest BCUT2D eigenvalue weighted by atomic mass is 10.0. The fourth-order valence-corrected chi connectivity index (χ4v) is 2.19. The molecule has 2 atom stereocenters. The summed E-state index contributed by atoms with van der Waals surface area (Å²) in [4.78, 5) is 47.4. The molecule has 2 aliphatic rings. The third kappa shape index (κ3) is 1.96. The summed E-state index contributed by atoms with van der Waals surface area (Å²) in [6, 6.07) is -2.03. The van der Waals surface area contributed by atoms with Crippen LogP contribution in [0.3, 0.4) is 0 Å². The molecule has 0 radical (unpaired) electrons. The third-order valence-electron chi connectivity index (χ3n) is 3.19. The van der Waals surface area contributed by atoms with Gasteiger partial charge in [0.25, 0.3) is 5.91 Å². The van der Waals surface area contributed by atoms with Gasteiger partial charge < -0.3 is 5.32 Å². The predicted octanol–water partition coefficient (Wildman–Crippen LogP) is -0.632. The van der Waals surface area contributed by atoms with Crippen LogP contribution in [0.1, 0.15) is 26.7 Å². The molecule has 0 aromatic heterocycles. The highest BCUT2D eigenvalue weighted by Gasteiger charge is 2.46. The van der Waals surface area contributed by atoms with Crippen LogP contribution >= 0.6 is 0 Å². The minimum atomic E-state index is -0.876. The molecule has 2 N–H and O–H groups in total. The standard InChI is InChI=1S/C11H15N3O4/c1-5(2)8-10(17)14(11(18)13-8)6-3-4-7(15)12-9(6)16/h5-6,8H,3-4H2,1-2H3,(H,13,18)(H,12,15,16)/t6-,8+/m1/s1. The highest BCUT2D eigenvalue weighted by molar-refractivity contribution is 6.10. The van der Waals surface area contributed by atoms with Crippen LogP contribution in [-0.4, -0.2) is 40.7 Å². The van der Waals surface area contributed by atoms with E-state index in [9.17, 15) is 19.2 Å². The normalized spacial score (nSPS) is 28.7. The summed E-state index contributed by atoms with van der Waals surface area (Å²) < 4.78 is 0. The Kier molecular flexibility index (Phi) is 3.06. The number of nitrogens with one attached hydrogen (secondary N) is 2. The number of rotatable bonds is 2. The number of imide groups is 2. The fourth-order valence-electron chi connectivity index (χ4n) is 2.19. The van der Waals surface area contributed by atoms with Crippen molar-refractivity contribution in [2.75, 3.05) is 0 Å². The second kappa shape index (κ2) is 4.40. The van der Waals surface area contributed by atoms with E-state index in [-0.39, 0.29) is 24.7 Å². The van der Waals surface area contributed by atoms with Crippen molar-refractivity contribution in [3.05, 3.63) is 0 Å². The Morgan fingerprint density at radius 2 is 1.89 bits per heavy atom. The lowest BCUT2D eigenvalue weighted by Gasteiger charge is -2.27. The molecule has 2 aliphatic heterocycles. The smallest absolute Gasteiger partial charge is 0.325 e. The highest BCUT2D eigenvalue weighted by Crippen LogP contribution is 2.20. The lowest BCUT2D eigenvalue weighted by Crippen LogP contribution is -2.54. The van der Waals surface area contributed by atoms with Crippen LogP contribution in [-0.2, 0) is 14.4 Å². The van der Waals surface area contributed by atoms with Gasteiger partial charge in [-0.15, -0.1) is 0 Å². The zero-order valence-corrected chi connectivity index (χ0v) is 10.2. The van der Waals surface area contributed by atoms with Crippen LogP contribution in [0.2, 0.25) is 0 Å². The maximum atomic E-state index is 12.1. The largest absolute Gasteiger partial charge is 0.326 e. The van der Waals surface area contributed by atoms with E-state index in [2.05, 4.69) is 10.6 Å². The highest BCUT2D eigenvalue weighted by atomic mass is 16.2. The van der Waals surface area contributed by atoms with Crippen LogP contribution in [0.4, 0.5) is 4.79 Å². The summed E-state index contributed by atoms with van der Waals surface area (Å²) in [6.45, 7) is 3.63. The monoisotopic (exact) mass is 253 g/mol. The zero-order chi connectivity index (χ0) is 13.4. The first-order valence-corrected chi connectivity index (χ1v) is 5.89. The van der Waals surface area contributed by atoms with Crippen molar-refractivity contribution in [2.45, 2.75) is 38.8 Å². The number of piperidine rings is 1. The summed E-state index contributed by atoms with van der Waals surface area (Å²) in [5.41, 5.74) is 0. The van der Waals surface area contributed by atoms with E-state index in [1.54, 1.807) is 0 Å². The third-order valence-corrected chi connectivity index (χ3v) is 3.19. The molecule has 0 saturated carbocycles. The summed E-state index contributed by atoms with van der Waals surface area (Å²) in [5.74, 6) is -1.40. The molecule has 5 amide bonds.